The van der Waals surface area contributed by atoms with Crippen LogP contribution in [0.5, 0.6) is 0 Å². The molecule has 0 aliphatic heterocycles. The molecule has 0 aliphatic carbocycles. The summed E-state index contributed by atoms with van der Waals surface area (Å²) in [5.41, 5.74) is 1.07. The molecule has 4 heteroatoms. The zero-order valence-corrected chi connectivity index (χ0v) is 10.5. The van der Waals surface area contributed by atoms with Gasteiger partial charge in [0.05, 0.1) is 11.2 Å². The Kier molecular flexibility index (Phi) is 4.52. The summed E-state index contributed by atoms with van der Waals surface area (Å²) in [6.07, 6.45) is 0.879. The molecule has 2 N–H and O–H groups in total. The van der Waals surface area contributed by atoms with E-state index < -0.39 is 5.97 Å². The Bertz CT molecular complexity index is 371. The summed E-state index contributed by atoms with van der Waals surface area (Å²) < 4.78 is 5.31. The Morgan fingerprint density at radius 3 is 2.41 bits per heavy atom. The number of carboxylic acids is 1. The smallest absolute Gasteiger partial charge is 0.335 e. The van der Waals surface area contributed by atoms with E-state index in [2.05, 4.69) is 5.32 Å². The second kappa shape index (κ2) is 5.68. The highest BCUT2D eigenvalue weighted by Gasteiger charge is 2.15. The summed E-state index contributed by atoms with van der Waals surface area (Å²) in [5, 5.41) is 12.0. The molecular weight excluding hydrogens is 218 g/mol. The number of carbonyl (C=O) groups is 1. The monoisotopic (exact) mass is 237 g/mol. The predicted octanol–water partition coefficient (Wildman–Crippen LogP) is 2.61. The molecule has 4 nitrogen and oxygen atoms in total. The first-order valence-corrected chi connectivity index (χ1v) is 5.57. The average Bonchev–Trinajstić information content (AvgIpc) is 2.29. The van der Waals surface area contributed by atoms with Crippen molar-refractivity contribution in [3.63, 3.8) is 0 Å². The average molecular weight is 237 g/mol. The SMILES string of the molecule is COC(C)(C)CCNc1ccc(C(=O)O)cc1. The van der Waals surface area contributed by atoms with Crippen molar-refractivity contribution in [1.82, 2.24) is 0 Å². The van der Waals surface area contributed by atoms with Crippen LogP contribution in [0.3, 0.4) is 0 Å². The molecule has 0 spiro atoms. The van der Waals surface area contributed by atoms with Crippen LogP contribution in [0.1, 0.15) is 30.6 Å². The molecule has 1 rings (SSSR count). The molecule has 17 heavy (non-hydrogen) atoms. The lowest BCUT2D eigenvalue weighted by atomic mass is 10.1. The van der Waals surface area contributed by atoms with Gasteiger partial charge in [-0.15, -0.1) is 0 Å². The minimum atomic E-state index is -0.905. The molecule has 0 radical (unpaired) electrons. The van der Waals surface area contributed by atoms with E-state index in [9.17, 15) is 4.79 Å². The lowest BCUT2D eigenvalue weighted by Crippen LogP contribution is -2.25. The van der Waals surface area contributed by atoms with E-state index in [0.29, 0.717) is 5.56 Å². The zero-order chi connectivity index (χ0) is 12.9. The van der Waals surface area contributed by atoms with Gasteiger partial charge in [-0.05, 0) is 44.5 Å². The Morgan fingerprint density at radius 2 is 1.94 bits per heavy atom. The predicted molar refractivity (Wildman–Crippen MR) is 67.6 cm³/mol. The van der Waals surface area contributed by atoms with Crippen molar-refractivity contribution in [3.8, 4) is 0 Å². The Balaban J connectivity index is 2.45. The summed E-state index contributed by atoms with van der Waals surface area (Å²) in [4.78, 5) is 10.7. The van der Waals surface area contributed by atoms with Crippen LogP contribution in [-0.4, -0.2) is 30.3 Å². The summed E-state index contributed by atoms with van der Waals surface area (Å²) in [5.74, 6) is -0.905. The quantitative estimate of drug-likeness (QED) is 0.798. The van der Waals surface area contributed by atoms with Gasteiger partial charge in [0, 0.05) is 19.3 Å². The van der Waals surface area contributed by atoms with Crippen molar-refractivity contribution in [2.75, 3.05) is 19.0 Å². The van der Waals surface area contributed by atoms with E-state index in [-0.39, 0.29) is 5.60 Å². The first kappa shape index (κ1) is 13.5. The largest absolute Gasteiger partial charge is 0.478 e. The van der Waals surface area contributed by atoms with Crippen LogP contribution in [0.15, 0.2) is 24.3 Å². The highest BCUT2D eigenvalue weighted by atomic mass is 16.5. The fourth-order valence-electron chi connectivity index (χ4n) is 1.34. The van der Waals surface area contributed by atoms with Crippen LogP contribution < -0.4 is 5.32 Å². The van der Waals surface area contributed by atoms with Gasteiger partial charge in [0.2, 0.25) is 0 Å². The topological polar surface area (TPSA) is 58.6 Å². The molecule has 0 saturated heterocycles. The molecular formula is C13H19NO3. The number of rotatable bonds is 6. The maximum absolute atomic E-state index is 10.7. The molecule has 0 aromatic heterocycles. The number of aromatic carboxylic acids is 1. The molecule has 0 heterocycles. The van der Waals surface area contributed by atoms with Gasteiger partial charge >= 0.3 is 5.97 Å². The van der Waals surface area contributed by atoms with Crippen LogP contribution in [0.25, 0.3) is 0 Å². The van der Waals surface area contributed by atoms with Crippen molar-refractivity contribution in [1.29, 1.82) is 0 Å². The van der Waals surface area contributed by atoms with Crippen LogP contribution in [0, 0.1) is 0 Å². The number of anilines is 1. The number of methoxy groups -OCH3 is 1. The lowest BCUT2D eigenvalue weighted by Gasteiger charge is -2.23. The standard InChI is InChI=1S/C13H19NO3/c1-13(2,17-3)8-9-14-11-6-4-10(5-7-11)12(15)16/h4-7,14H,8-9H2,1-3H3,(H,15,16). The Hall–Kier alpha value is -1.55. The maximum atomic E-state index is 10.7. The molecule has 0 saturated carbocycles. The van der Waals surface area contributed by atoms with E-state index in [1.54, 1.807) is 31.4 Å². The number of carboxylic acid groups (broad SMARTS) is 1. The fraction of sp³-hybridized carbons (Fsp3) is 0.462. The normalized spacial score (nSPS) is 11.2. The number of ether oxygens (including phenoxy) is 1. The summed E-state index contributed by atoms with van der Waals surface area (Å²) in [7, 11) is 1.70. The van der Waals surface area contributed by atoms with Gasteiger partial charge in [-0.3, -0.25) is 0 Å². The van der Waals surface area contributed by atoms with Gasteiger partial charge in [-0.25, -0.2) is 4.79 Å². The molecule has 0 bridgehead atoms. The van der Waals surface area contributed by atoms with Crippen molar-refractivity contribution >= 4 is 11.7 Å². The fourth-order valence-corrected chi connectivity index (χ4v) is 1.34. The number of nitrogens with one attached hydrogen (secondary N) is 1. The third kappa shape index (κ3) is 4.44. The summed E-state index contributed by atoms with van der Waals surface area (Å²) in [6.45, 7) is 4.84. The zero-order valence-electron chi connectivity index (χ0n) is 10.5. The highest BCUT2D eigenvalue weighted by molar-refractivity contribution is 5.87. The van der Waals surface area contributed by atoms with Gasteiger partial charge < -0.3 is 15.2 Å². The van der Waals surface area contributed by atoms with Crippen LogP contribution in [0.2, 0.25) is 0 Å². The molecule has 94 valence electrons. The Labute approximate surface area is 102 Å². The van der Waals surface area contributed by atoms with E-state index >= 15 is 0 Å². The maximum Gasteiger partial charge on any atom is 0.335 e. The Morgan fingerprint density at radius 1 is 1.35 bits per heavy atom. The number of hydrogen-bond donors (Lipinski definition) is 2. The first-order chi connectivity index (χ1) is 7.94. The summed E-state index contributed by atoms with van der Waals surface area (Å²) >= 11 is 0. The van der Waals surface area contributed by atoms with E-state index in [4.69, 9.17) is 9.84 Å². The van der Waals surface area contributed by atoms with E-state index in [1.807, 2.05) is 13.8 Å². The molecule has 0 atom stereocenters. The lowest BCUT2D eigenvalue weighted by molar-refractivity contribution is 0.0185. The number of hydrogen-bond acceptors (Lipinski definition) is 3. The third-order valence-corrected chi connectivity index (χ3v) is 2.74. The van der Waals surface area contributed by atoms with Crippen LogP contribution in [0.4, 0.5) is 5.69 Å². The van der Waals surface area contributed by atoms with Gasteiger partial charge in [0.15, 0.2) is 0 Å². The molecule has 0 amide bonds. The third-order valence-electron chi connectivity index (χ3n) is 2.74. The van der Waals surface area contributed by atoms with Gasteiger partial charge in [0.25, 0.3) is 0 Å². The molecule has 1 aromatic carbocycles. The second-order valence-electron chi connectivity index (χ2n) is 4.52. The van der Waals surface area contributed by atoms with Crippen molar-refractivity contribution in [3.05, 3.63) is 29.8 Å². The van der Waals surface area contributed by atoms with Crippen LogP contribution >= 0.6 is 0 Å². The first-order valence-electron chi connectivity index (χ1n) is 5.57. The minimum Gasteiger partial charge on any atom is -0.478 e. The number of benzene rings is 1. The van der Waals surface area contributed by atoms with Crippen molar-refractivity contribution in [2.24, 2.45) is 0 Å². The van der Waals surface area contributed by atoms with Gasteiger partial charge in [-0.1, -0.05) is 0 Å². The summed E-state index contributed by atoms with van der Waals surface area (Å²) in [6, 6.07) is 6.71. The van der Waals surface area contributed by atoms with E-state index in [0.717, 1.165) is 18.7 Å². The van der Waals surface area contributed by atoms with Crippen molar-refractivity contribution in [2.45, 2.75) is 25.9 Å². The van der Waals surface area contributed by atoms with Gasteiger partial charge in [-0.2, -0.15) is 0 Å². The molecule has 1 aromatic rings. The van der Waals surface area contributed by atoms with E-state index in [1.165, 1.54) is 0 Å². The van der Waals surface area contributed by atoms with Crippen molar-refractivity contribution < 1.29 is 14.6 Å². The highest BCUT2D eigenvalue weighted by Crippen LogP contribution is 2.14. The minimum absolute atomic E-state index is 0.145. The van der Waals surface area contributed by atoms with Gasteiger partial charge in [0.1, 0.15) is 0 Å². The molecule has 0 aliphatic rings. The second-order valence-corrected chi connectivity index (χ2v) is 4.52. The van der Waals surface area contributed by atoms with Crippen LogP contribution in [-0.2, 0) is 4.74 Å². The molecule has 0 fully saturated rings. The molecule has 0 unspecified atom stereocenters.